The van der Waals surface area contributed by atoms with Crippen molar-refractivity contribution in [2.45, 2.75) is 57.2 Å². The molecule has 84 valence electrons. The van der Waals surface area contributed by atoms with Crippen LogP contribution in [-0.4, -0.2) is 27.3 Å². The molecule has 1 aliphatic carbocycles. The summed E-state index contributed by atoms with van der Waals surface area (Å²) in [6.07, 6.45) is 5.34. The molecule has 0 aromatic heterocycles. The van der Waals surface area contributed by atoms with E-state index in [0.717, 1.165) is 12.3 Å². The summed E-state index contributed by atoms with van der Waals surface area (Å²) in [5.74, 6) is 0.792. The maximum Gasteiger partial charge on any atom is 0.0375 e. The standard InChI is InChI=1S/C11H23NOS/c1-11(2,3)14(13)9-8-12-10-6-4-5-7-10/h10,12H,4-9H2,1-3H3. The van der Waals surface area contributed by atoms with Crippen molar-refractivity contribution in [2.75, 3.05) is 12.3 Å². The van der Waals surface area contributed by atoms with E-state index in [1.54, 1.807) is 0 Å². The van der Waals surface area contributed by atoms with Gasteiger partial charge >= 0.3 is 0 Å². The maximum absolute atomic E-state index is 11.7. The number of hydrogen-bond donors (Lipinski definition) is 1. The van der Waals surface area contributed by atoms with Gasteiger partial charge in [-0.2, -0.15) is 0 Å². The van der Waals surface area contributed by atoms with E-state index in [9.17, 15) is 4.21 Å². The van der Waals surface area contributed by atoms with Crippen molar-refractivity contribution in [1.82, 2.24) is 5.32 Å². The molecule has 0 aliphatic heterocycles. The molecular formula is C11H23NOS. The fourth-order valence-electron chi connectivity index (χ4n) is 1.79. The van der Waals surface area contributed by atoms with Gasteiger partial charge in [-0.1, -0.05) is 12.8 Å². The summed E-state index contributed by atoms with van der Waals surface area (Å²) in [6, 6.07) is 0.701. The molecule has 1 saturated carbocycles. The van der Waals surface area contributed by atoms with Gasteiger partial charge in [0.25, 0.3) is 0 Å². The normalized spacial score (nSPS) is 21.4. The molecule has 0 bridgehead atoms. The van der Waals surface area contributed by atoms with Gasteiger partial charge in [0.15, 0.2) is 0 Å². The molecule has 0 aromatic rings. The molecule has 1 N–H and O–H groups in total. The first-order valence-electron chi connectivity index (χ1n) is 5.62. The van der Waals surface area contributed by atoms with E-state index in [-0.39, 0.29) is 4.75 Å². The summed E-state index contributed by atoms with van der Waals surface area (Å²) in [4.78, 5) is 0. The van der Waals surface area contributed by atoms with Gasteiger partial charge in [0, 0.05) is 33.9 Å². The monoisotopic (exact) mass is 217 g/mol. The van der Waals surface area contributed by atoms with E-state index in [1.165, 1.54) is 25.7 Å². The molecule has 1 aliphatic rings. The average molecular weight is 217 g/mol. The summed E-state index contributed by atoms with van der Waals surface area (Å²) in [5, 5.41) is 3.49. The predicted octanol–water partition coefficient (Wildman–Crippen LogP) is 2.07. The molecule has 1 rings (SSSR count). The van der Waals surface area contributed by atoms with E-state index in [0.29, 0.717) is 6.04 Å². The molecule has 0 saturated heterocycles. The fraction of sp³-hybridized carbons (Fsp3) is 1.00. The van der Waals surface area contributed by atoms with Gasteiger partial charge in [0.1, 0.15) is 0 Å². The van der Waals surface area contributed by atoms with Crippen molar-refractivity contribution in [3.63, 3.8) is 0 Å². The summed E-state index contributed by atoms with van der Waals surface area (Å²) in [5.41, 5.74) is 0. The van der Waals surface area contributed by atoms with Gasteiger partial charge in [-0.3, -0.25) is 4.21 Å². The Morgan fingerprint density at radius 3 is 2.36 bits per heavy atom. The lowest BCUT2D eigenvalue weighted by Gasteiger charge is -2.19. The van der Waals surface area contributed by atoms with Crippen LogP contribution in [0, 0.1) is 0 Å². The third-order valence-electron chi connectivity index (χ3n) is 2.76. The smallest absolute Gasteiger partial charge is 0.0375 e. The molecule has 1 fully saturated rings. The first-order chi connectivity index (χ1) is 6.50. The second kappa shape index (κ2) is 5.26. The lowest BCUT2D eigenvalue weighted by Crippen LogP contribution is -2.33. The van der Waals surface area contributed by atoms with Gasteiger partial charge in [-0.15, -0.1) is 0 Å². The molecule has 14 heavy (non-hydrogen) atoms. The van der Waals surface area contributed by atoms with Crippen LogP contribution in [0.25, 0.3) is 0 Å². The van der Waals surface area contributed by atoms with E-state index in [1.807, 2.05) is 20.8 Å². The van der Waals surface area contributed by atoms with Crippen LogP contribution in [0.15, 0.2) is 0 Å². The highest BCUT2D eigenvalue weighted by atomic mass is 32.2. The highest BCUT2D eigenvalue weighted by molar-refractivity contribution is 7.86. The topological polar surface area (TPSA) is 29.1 Å². The molecule has 3 heteroatoms. The summed E-state index contributed by atoms with van der Waals surface area (Å²) < 4.78 is 11.7. The van der Waals surface area contributed by atoms with Crippen molar-refractivity contribution >= 4 is 10.8 Å². The van der Waals surface area contributed by atoms with Gasteiger partial charge in [0.2, 0.25) is 0 Å². The maximum atomic E-state index is 11.7. The zero-order valence-corrected chi connectivity index (χ0v) is 10.5. The van der Waals surface area contributed by atoms with Crippen molar-refractivity contribution in [3.05, 3.63) is 0 Å². The van der Waals surface area contributed by atoms with Crippen molar-refractivity contribution in [3.8, 4) is 0 Å². The molecule has 1 atom stereocenters. The fourth-order valence-corrected chi connectivity index (χ4v) is 2.71. The lowest BCUT2D eigenvalue weighted by molar-refractivity contribution is 0.541. The van der Waals surface area contributed by atoms with Gasteiger partial charge < -0.3 is 5.32 Å². The average Bonchev–Trinajstić information content (AvgIpc) is 2.55. The zero-order chi connectivity index (χ0) is 10.6. The molecule has 0 radical (unpaired) electrons. The van der Waals surface area contributed by atoms with Gasteiger partial charge in [-0.25, -0.2) is 0 Å². The van der Waals surface area contributed by atoms with Crippen LogP contribution >= 0.6 is 0 Å². The highest BCUT2D eigenvalue weighted by Gasteiger charge is 2.19. The second-order valence-electron chi connectivity index (χ2n) is 5.10. The Morgan fingerprint density at radius 2 is 1.86 bits per heavy atom. The summed E-state index contributed by atoms with van der Waals surface area (Å²) in [7, 11) is -0.700. The summed E-state index contributed by atoms with van der Waals surface area (Å²) >= 11 is 0. The highest BCUT2D eigenvalue weighted by Crippen LogP contribution is 2.17. The van der Waals surface area contributed by atoms with Crippen molar-refractivity contribution in [2.24, 2.45) is 0 Å². The third kappa shape index (κ3) is 4.09. The minimum Gasteiger partial charge on any atom is -0.313 e. The molecule has 1 unspecified atom stereocenters. The molecule has 2 nitrogen and oxygen atoms in total. The Hall–Kier alpha value is 0.110. The van der Waals surface area contributed by atoms with Crippen LogP contribution in [-0.2, 0) is 10.8 Å². The zero-order valence-electron chi connectivity index (χ0n) is 9.64. The number of hydrogen-bond acceptors (Lipinski definition) is 2. The molecule has 0 amide bonds. The first-order valence-corrected chi connectivity index (χ1v) is 6.94. The summed E-state index contributed by atoms with van der Waals surface area (Å²) in [6.45, 7) is 7.03. The third-order valence-corrected chi connectivity index (χ3v) is 4.70. The quantitative estimate of drug-likeness (QED) is 0.781. The van der Waals surface area contributed by atoms with E-state index < -0.39 is 10.8 Å². The van der Waals surface area contributed by atoms with Crippen LogP contribution in [0.2, 0.25) is 0 Å². The van der Waals surface area contributed by atoms with Crippen molar-refractivity contribution in [1.29, 1.82) is 0 Å². The van der Waals surface area contributed by atoms with Crippen molar-refractivity contribution < 1.29 is 4.21 Å². The van der Waals surface area contributed by atoms with Crippen LogP contribution in [0.4, 0.5) is 0 Å². The molecular weight excluding hydrogens is 194 g/mol. The predicted molar refractivity (Wildman–Crippen MR) is 63.0 cm³/mol. The van der Waals surface area contributed by atoms with E-state index in [4.69, 9.17) is 0 Å². The van der Waals surface area contributed by atoms with Gasteiger partial charge in [0.05, 0.1) is 0 Å². The van der Waals surface area contributed by atoms with Crippen LogP contribution in [0.1, 0.15) is 46.5 Å². The Kier molecular flexibility index (Phi) is 4.58. The Balaban J connectivity index is 2.11. The van der Waals surface area contributed by atoms with Crippen LogP contribution < -0.4 is 5.32 Å². The minimum atomic E-state index is -0.700. The second-order valence-corrected chi connectivity index (χ2v) is 7.42. The van der Waals surface area contributed by atoms with Gasteiger partial charge in [-0.05, 0) is 33.6 Å². The SMILES string of the molecule is CC(C)(C)S(=O)CCNC1CCCC1. The van der Waals surface area contributed by atoms with Crippen LogP contribution in [0.3, 0.4) is 0 Å². The molecule has 0 spiro atoms. The number of rotatable bonds is 4. The Labute approximate surface area is 90.3 Å². The van der Waals surface area contributed by atoms with Crippen LogP contribution in [0.5, 0.6) is 0 Å². The first kappa shape index (κ1) is 12.2. The Bertz CT molecular complexity index is 192. The molecule has 0 aromatic carbocycles. The minimum absolute atomic E-state index is 0.0582. The molecule has 0 heterocycles. The lowest BCUT2D eigenvalue weighted by atomic mass is 10.2. The number of nitrogens with one attached hydrogen (secondary N) is 1. The largest absolute Gasteiger partial charge is 0.313 e. The Morgan fingerprint density at radius 1 is 1.29 bits per heavy atom. The van der Waals surface area contributed by atoms with E-state index >= 15 is 0 Å². The van der Waals surface area contributed by atoms with E-state index in [2.05, 4.69) is 5.32 Å².